The molecule has 0 spiro atoms. The molecule has 0 unspecified atom stereocenters. The van der Waals surface area contributed by atoms with Gasteiger partial charge in [0.2, 0.25) is 5.91 Å². The summed E-state index contributed by atoms with van der Waals surface area (Å²) in [5.41, 5.74) is 8.79. The summed E-state index contributed by atoms with van der Waals surface area (Å²) in [6.45, 7) is 0.635. The van der Waals surface area contributed by atoms with Crippen LogP contribution in [0.3, 0.4) is 0 Å². The van der Waals surface area contributed by atoms with Crippen molar-refractivity contribution in [3.8, 4) is 0 Å². The predicted molar refractivity (Wildman–Crippen MR) is 99.0 cm³/mol. The maximum atomic E-state index is 13.5. The second-order valence-electron chi connectivity index (χ2n) is 6.64. The topological polar surface area (TPSA) is 59.2 Å². The number of hydrogen-bond acceptors (Lipinski definition) is 3. The van der Waals surface area contributed by atoms with Crippen molar-refractivity contribution in [2.45, 2.75) is 12.8 Å². The number of pyridine rings is 1. The number of fused-ring (bicyclic) bond motifs is 1. The van der Waals surface area contributed by atoms with E-state index in [0.29, 0.717) is 29.9 Å². The number of hydrogen-bond donors (Lipinski definition) is 1. The Labute approximate surface area is 159 Å². The number of amides is 1. The lowest BCUT2D eigenvalue weighted by molar-refractivity contribution is 0.0999. The molecule has 0 atom stereocenters. The highest BCUT2D eigenvalue weighted by atomic mass is 19.2. The molecule has 142 valence electrons. The van der Waals surface area contributed by atoms with Gasteiger partial charge in [0.05, 0.1) is 0 Å². The van der Waals surface area contributed by atoms with Gasteiger partial charge in [0.1, 0.15) is 5.82 Å². The van der Waals surface area contributed by atoms with E-state index in [1.54, 1.807) is 24.4 Å². The fourth-order valence-electron chi connectivity index (χ4n) is 3.57. The van der Waals surface area contributed by atoms with Crippen LogP contribution in [0.2, 0.25) is 0 Å². The normalized spacial score (nSPS) is 12.9. The number of primary amides is 1. The Morgan fingerprint density at radius 3 is 2.54 bits per heavy atom. The van der Waals surface area contributed by atoms with Gasteiger partial charge in [-0.15, -0.1) is 0 Å². The molecule has 2 N–H and O–H groups in total. The Hall–Kier alpha value is -3.35. The van der Waals surface area contributed by atoms with Crippen molar-refractivity contribution in [3.05, 3.63) is 88.4 Å². The summed E-state index contributed by atoms with van der Waals surface area (Å²) in [5, 5.41) is 0. The molecular formula is C21H16F3N3O. The third kappa shape index (κ3) is 3.19. The highest BCUT2D eigenvalue weighted by Crippen LogP contribution is 2.35. The number of halogens is 3. The predicted octanol–water partition coefficient (Wildman–Crippen LogP) is 3.88. The number of nitrogens with zero attached hydrogens (tertiary/aromatic N) is 2. The molecule has 7 heteroatoms. The van der Waals surface area contributed by atoms with Crippen molar-refractivity contribution in [2.24, 2.45) is 5.73 Å². The number of anilines is 2. The highest BCUT2D eigenvalue weighted by Gasteiger charge is 2.25. The Balaban J connectivity index is 1.65. The van der Waals surface area contributed by atoms with Crippen LogP contribution in [-0.4, -0.2) is 17.4 Å². The van der Waals surface area contributed by atoms with Crippen LogP contribution in [0.4, 0.5) is 24.7 Å². The smallest absolute Gasteiger partial charge is 0.249 e. The van der Waals surface area contributed by atoms with Crippen LogP contribution in [0.5, 0.6) is 0 Å². The van der Waals surface area contributed by atoms with Crippen LogP contribution in [0.15, 0.2) is 48.7 Å². The summed E-state index contributed by atoms with van der Waals surface area (Å²) in [6, 6.07) is 10.9. The van der Waals surface area contributed by atoms with Crippen molar-refractivity contribution in [1.82, 2.24) is 4.98 Å². The first-order chi connectivity index (χ1) is 13.4. The minimum atomic E-state index is -1.47. The van der Waals surface area contributed by atoms with Gasteiger partial charge in [0.25, 0.3) is 0 Å². The van der Waals surface area contributed by atoms with Crippen molar-refractivity contribution < 1.29 is 18.0 Å². The van der Waals surface area contributed by atoms with Crippen LogP contribution in [-0.2, 0) is 12.8 Å². The van der Waals surface area contributed by atoms with Gasteiger partial charge in [-0.1, -0.05) is 6.07 Å². The van der Waals surface area contributed by atoms with E-state index in [4.69, 9.17) is 5.73 Å². The molecule has 2 heterocycles. The van der Waals surface area contributed by atoms with Gasteiger partial charge in [0.15, 0.2) is 17.5 Å². The van der Waals surface area contributed by atoms with E-state index in [2.05, 4.69) is 4.98 Å². The van der Waals surface area contributed by atoms with Crippen LogP contribution in [0.1, 0.15) is 27.0 Å². The van der Waals surface area contributed by atoms with Crippen LogP contribution < -0.4 is 10.6 Å². The summed E-state index contributed by atoms with van der Waals surface area (Å²) in [6.07, 6.45) is 2.50. The van der Waals surface area contributed by atoms with Gasteiger partial charge >= 0.3 is 0 Å². The average Bonchev–Trinajstić information content (AvgIpc) is 3.10. The van der Waals surface area contributed by atoms with Crippen molar-refractivity contribution in [3.63, 3.8) is 0 Å². The number of carbonyl (C=O) groups excluding carboxylic acids is 1. The van der Waals surface area contributed by atoms with E-state index >= 15 is 0 Å². The fraction of sp³-hybridized carbons (Fsp3) is 0.143. The van der Waals surface area contributed by atoms with Crippen LogP contribution in [0.25, 0.3) is 0 Å². The Bertz CT molecular complexity index is 1060. The first-order valence-electron chi connectivity index (χ1n) is 8.71. The molecule has 0 radical (unpaired) electrons. The zero-order chi connectivity index (χ0) is 19.8. The van der Waals surface area contributed by atoms with Crippen molar-refractivity contribution in [1.29, 1.82) is 0 Å². The Kier molecular flexibility index (Phi) is 4.50. The second-order valence-corrected chi connectivity index (χ2v) is 6.64. The molecule has 1 aliphatic rings. The second kappa shape index (κ2) is 6.99. The lowest BCUT2D eigenvalue weighted by Gasteiger charge is -2.19. The largest absolute Gasteiger partial charge is 0.366 e. The lowest BCUT2D eigenvalue weighted by atomic mass is 10.0. The van der Waals surface area contributed by atoms with Crippen molar-refractivity contribution in [2.75, 3.05) is 11.4 Å². The molecule has 1 amide bonds. The monoisotopic (exact) mass is 383 g/mol. The van der Waals surface area contributed by atoms with E-state index in [1.165, 1.54) is 0 Å². The maximum Gasteiger partial charge on any atom is 0.249 e. The number of rotatable bonds is 4. The molecule has 0 bridgehead atoms. The van der Waals surface area contributed by atoms with Gasteiger partial charge in [0, 0.05) is 24.0 Å². The molecule has 4 rings (SSSR count). The van der Waals surface area contributed by atoms with E-state index in [1.807, 2.05) is 17.0 Å². The molecule has 3 aromatic rings. The minimum Gasteiger partial charge on any atom is -0.366 e. The first kappa shape index (κ1) is 18.0. The summed E-state index contributed by atoms with van der Waals surface area (Å²) in [7, 11) is 0. The molecule has 0 saturated heterocycles. The summed E-state index contributed by atoms with van der Waals surface area (Å²) >= 11 is 0. The third-order valence-corrected chi connectivity index (χ3v) is 4.83. The molecule has 0 saturated carbocycles. The fourth-order valence-corrected chi connectivity index (χ4v) is 3.57. The number of aromatic nitrogens is 1. The Morgan fingerprint density at radius 1 is 1.07 bits per heavy atom. The first-order valence-corrected chi connectivity index (χ1v) is 8.71. The summed E-state index contributed by atoms with van der Waals surface area (Å²) < 4.78 is 40.1. The third-order valence-electron chi connectivity index (χ3n) is 4.83. The Morgan fingerprint density at radius 2 is 1.82 bits per heavy atom. The summed E-state index contributed by atoms with van der Waals surface area (Å²) in [5.74, 6) is -3.71. The molecule has 28 heavy (non-hydrogen) atoms. The lowest BCUT2D eigenvalue weighted by Crippen LogP contribution is -2.15. The zero-order valence-corrected chi connectivity index (χ0v) is 14.8. The number of carbonyl (C=O) groups is 1. The highest BCUT2D eigenvalue weighted by molar-refractivity contribution is 5.96. The van der Waals surface area contributed by atoms with Crippen LogP contribution in [0, 0.1) is 17.5 Å². The molecule has 4 nitrogen and oxygen atoms in total. The maximum absolute atomic E-state index is 13.5. The van der Waals surface area contributed by atoms with E-state index in [0.717, 1.165) is 28.9 Å². The van der Waals surface area contributed by atoms with Crippen molar-refractivity contribution >= 4 is 17.4 Å². The number of benzene rings is 2. The SMILES string of the molecule is NC(=O)c1cccc2c1CCN2c1cc(Cc2cc(F)c(F)c(F)c2)ccn1. The number of nitrogens with two attached hydrogens (primary N) is 1. The zero-order valence-electron chi connectivity index (χ0n) is 14.8. The molecule has 1 aliphatic heterocycles. The van der Waals surface area contributed by atoms with E-state index in [-0.39, 0.29) is 6.42 Å². The molecular weight excluding hydrogens is 367 g/mol. The van der Waals surface area contributed by atoms with Gasteiger partial charge in [-0.3, -0.25) is 4.79 Å². The van der Waals surface area contributed by atoms with Crippen LogP contribution >= 0.6 is 0 Å². The minimum absolute atomic E-state index is 0.228. The quantitative estimate of drug-likeness (QED) is 0.696. The molecule has 1 aromatic heterocycles. The standard InChI is InChI=1S/C21H16F3N3O/c22-16-9-13(10-17(23)20(16)24)8-12-4-6-26-19(11-12)27-7-5-14-15(21(25)28)2-1-3-18(14)27/h1-4,6,9-11H,5,7-8H2,(H2,25,28). The van der Waals surface area contributed by atoms with Gasteiger partial charge in [-0.25, -0.2) is 18.2 Å². The molecule has 0 fully saturated rings. The average molecular weight is 383 g/mol. The summed E-state index contributed by atoms with van der Waals surface area (Å²) in [4.78, 5) is 18.0. The molecule has 2 aromatic carbocycles. The van der Waals surface area contributed by atoms with E-state index in [9.17, 15) is 18.0 Å². The van der Waals surface area contributed by atoms with Gasteiger partial charge in [-0.2, -0.15) is 0 Å². The van der Waals surface area contributed by atoms with E-state index < -0.39 is 23.4 Å². The van der Waals surface area contributed by atoms with Gasteiger partial charge in [-0.05, 0) is 65.9 Å². The molecule has 0 aliphatic carbocycles. The van der Waals surface area contributed by atoms with Gasteiger partial charge < -0.3 is 10.6 Å².